The third-order valence-corrected chi connectivity index (χ3v) is 5.89. The fraction of sp³-hybridized carbons (Fsp3) is 0.429. The quantitative estimate of drug-likeness (QED) is 0.604. The second-order valence-electron chi connectivity index (χ2n) is 8.21. The number of hydrogen-bond donors (Lipinski definition) is 1. The van der Waals surface area contributed by atoms with E-state index in [9.17, 15) is 18.4 Å². The number of ketones is 1. The van der Waals surface area contributed by atoms with Gasteiger partial charge in [0.05, 0.1) is 19.0 Å². The van der Waals surface area contributed by atoms with Crippen molar-refractivity contribution in [1.29, 1.82) is 0 Å². The van der Waals surface area contributed by atoms with Gasteiger partial charge >= 0.3 is 0 Å². The van der Waals surface area contributed by atoms with Crippen molar-refractivity contribution in [2.24, 2.45) is 5.41 Å². The van der Waals surface area contributed by atoms with Crippen LogP contribution in [-0.2, 0) is 16.1 Å². The van der Waals surface area contributed by atoms with Gasteiger partial charge in [-0.05, 0) is 42.4 Å². The molecule has 0 spiro atoms. The summed E-state index contributed by atoms with van der Waals surface area (Å²) in [6.45, 7) is 0.247. The van der Waals surface area contributed by atoms with Crippen LogP contribution in [0.15, 0.2) is 36.7 Å². The van der Waals surface area contributed by atoms with Gasteiger partial charge < -0.3 is 10.1 Å². The minimum Gasteiger partial charge on any atom is -0.367 e. The number of benzene rings is 1. The van der Waals surface area contributed by atoms with Crippen LogP contribution in [0.5, 0.6) is 0 Å². The molecule has 1 aromatic heterocycles. The Balaban J connectivity index is 1.20. The molecule has 0 saturated heterocycles. The highest BCUT2D eigenvalue weighted by molar-refractivity contribution is 6.30. The van der Waals surface area contributed by atoms with Gasteiger partial charge in [-0.15, -0.1) is 0 Å². The molecule has 9 heteroatoms. The summed E-state index contributed by atoms with van der Waals surface area (Å²) in [4.78, 5) is 31.9. The summed E-state index contributed by atoms with van der Waals surface area (Å²) in [5, 5.41) is 3.62. The Labute approximate surface area is 177 Å². The van der Waals surface area contributed by atoms with Crippen LogP contribution >= 0.6 is 11.6 Å². The zero-order chi connectivity index (χ0) is 21.4. The number of halogens is 3. The lowest BCUT2D eigenvalue weighted by Gasteiger charge is -2.70. The maximum Gasteiger partial charge on any atom is 0.281 e. The third-order valence-electron chi connectivity index (χ3n) is 5.65. The molecule has 30 heavy (non-hydrogen) atoms. The van der Waals surface area contributed by atoms with Gasteiger partial charge in [0.25, 0.3) is 6.43 Å². The molecule has 2 bridgehead atoms. The zero-order valence-corrected chi connectivity index (χ0v) is 16.8. The van der Waals surface area contributed by atoms with Crippen LogP contribution in [0.2, 0.25) is 5.02 Å². The summed E-state index contributed by atoms with van der Waals surface area (Å²) >= 11 is 5.92. The molecule has 0 aliphatic heterocycles. The molecular formula is C21H20ClF2N3O3. The zero-order valence-electron chi connectivity index (χ0n) is 16.0. The first-order valence-corrected chi connectivity index (χ1v) is 9.93. The van der Waals surface area contributed by atoms with Crippen molar-refractivity contribution in [3.8, 4) is 0 Å². The van der Waals surface area contributed by atoms with E-state index in [2.05, 4.69) is 15.3 Å². The van der Waals surface area contributed by atoms with Crippen LogP contribution in [0.4, 0.5) is 8.78 Å². The number of nitrogens with zero attached hydrogens (tertiary/aromatic N) is 2. The molecule has 0 unspecified atom stereocenters. The fourth-order valence-corrected chi connectivity index (χ4v) is 4.78. The largest absolute Gasteiger partial charge is 0.367 e. The minimum absolute atomic E-state index is 0.0493. The Morgan fingerprint density at radius 3 is 2.60 bits per heavy atom. The van der Waals surface area contributed by atoms with E-state index in [1.54, 1.807) is 12.1 Å². The van der Waals surface area contributed by atoms with Gasteiger partial charge in [-0.3, -0.25) is 14.6 Å². The molecule has 1 amide bonds. The monoisotopic (exact) mass is 435 g/mol. The topological polar surface area (TPSA) is 81.2 Å². The van der Waals surface area contributed by atoms with Crippen molar-refractivity contribution in [2.45, 2.75) is 44.3 Å². The molecule has 1 aromatic carbocycles. The first-order valence-electron chi connectivity index (χ1n) is 9.55. The first kappa shape index (κ1) is 20.8. The van der Waals surface area contributed by atoms with Crippen LogP contribution < -0.4 is 5.32 Å². The van der Waals surface area contributed by atoms with Gasteiger partial charge in [-0.2, -0.15) is 0 Å². The van der Waals surface area contributed by atoms with Gasteiger partial charge in [0, 0.05) is 17.0 Å². The van der Waals surface area contributed by atoms with Gasteiger partial charge in [-0.1, -0.05) is 23.7 Å². The van der Waals surface area contributed by atoms with E-state index in [0.717, 1.165) is 18.0 Å². The highest BCUT2D eigenvalue weighted by Crippen LogP contribution is 2.69. The van der Waals surface area contributed by atoms with Crippen LogP contribution in [0, 0.1) is 5.41 Å². The van der Waals surface area contributed by atoms with E-state index in [4.69, 9.17) is 16.3 Å². The average Bonchev–Trinajstić information content (AvgIpc) is 2.65. The van der Waals surface area contributed by atoms with Crippen LogP contribution in [-0.4, -0.2) is 33.8 Å². The average molecular weight is 436 g/mol. The number of aromatic nitrogens is 2. The summed E-state index contributed by atoms with van der Waals surface area (Å²) in [6, 6.07) is 7.25. The van der Waals surface area contributed by atoms with E-state index in [0.29, 0.717) is 30.9 Å². The van der Waals surface area contributed by atoms with Crippen molar-refractivity contribution in [2.75, 3.05) is 6.61 Å². The maximum atomic E-state index is 12.5. The molecule has 0 atom stereocenters. The normalized spacial score (nSPS) is 24.1. The Kier molecular flexibility index (Phi) is 5.55. The second-order valence-corrected chi connectivity index (χ2v) is 8.65. The van der Waals surface area contributed by atoms with E-state index in [-0.39, 0.29) is 41.4 Å². The predicted octanol–water partition coefficient (Wildman–Crippen LogP) is 3.90. The van der Waals surface area contributed by atoms with Gasteiger partial charge in [0.2, 0.25) is 5.91 Å². The molecular weight excluding hydrogens is 416 g/mol. The van der Waals surface area contributed by atoms with Crippen molar-refractivity contribution in [3.63, 3.8) is 0 Å². The number of rotatable bonds is 9. The standard InChI is InChI=1S/C21H20ClF2N3O3/c22-14-3-1-2-13(4-14)8-30-9-18(29)27-21-10-20(11-21,12-21)5-17(28)15-6-26-16(7-25-15)19(23)24/h1-4,6-7,19H,5,8-12H2,(H,27,29). The Morgan fingerprint density at radius 2 is 1.97 bits per heavy atom. The number of ether oxygens (including phenoxy) is 1. The number of alkyl halides is 2. The number of amides is 1. The molecule has 0 radical (unpaired) electrons. The Hall–Kier alpha value is -2.45. The first-order chi connectivity index (χ1) is 14.3. The van der Waals surface area contributed by atoms with Gasteiger partial charge in [-0.25, -0.2) is 13.8 Å². The molecule has 3 aliphatic carbocycles. The van der Waals surface area contributed by atoms with E-state index >= 15 is 0 Å². The minimum atomic E-state index is -2.71. The highest BCUT2D eigenvalue weighted by Gasteiger charge is 2.68. The number of Topliss-reactive ketones (excluding diaryl/α,β-unsaturated/α-hetero) is 1. The number of carbonyl (C=O) groups excluding carboxylic acids is 2. The van der Waals surface area contributed by atoms with E-state index < -0.39 is 12.1 Å². The van der Waals surface area contributed by atoms with Gasteiger partial charge in [0.1, 0.15) is 18.0 Å². The Morgan fingerprint density at radius 1 is 1.20 bits per heavy atom. The predicted molar refractivity (Wildman–Crippen MR) is 104 cm³/mol. The van der Waals surface area contributed by atoms with Crippen molar-refractivity contribution in [1.82, 2.24) is 15.3 Å². The molecule has 6 nitrogen and oxygen atoms in total. The molecule has 2 aromatic rings. The number of carbonyl (C=O) groups is 2. The van der Waals surface area contributed by atoms with Gasteiger partial charge in [0.15, 0.2) is 5.78 Å². The molecule has 3 aliphatic rings. The smallest absolute Gasteiger partial charge is 0.281 e. The molecule has 158 valence electrons. The molecule has 3 fully saturated rings. The van der Waals surface area contributed by atoms with E-state index in [1.165, 1.54) is 0 Å². The van der Waals surface area contributed by atoms with Crippen molar-refractivity contribution >= 4 is 23.3 Å². The number of hydrogen-bond acceptors (Lipinski definition) is 5. The summed E-state index contributed by atoms with van der Waals surface area (Å²) in [6.07, 6.45) is 1.75. The summed E-state index contributed by atoms with van der Waals surface area (Å²) in [5.41, 5.74) is 0.132. The Bertz CT molecular complexity index is 948. The molecule has 1 heterocycles. The lowest BCUT2D eigenvalue weighted by atomic mass is 9.38. The fourth-order valence-electron chi connectivity index (χ4n) is 4.56. The van der Waals surface area contributed by atoms with Crippen LogP contribution in [0.1, 0.15) is 53.9 Å². The summed E-state index contributed by atoms with van der Waals surface area (Å²) < 4.78 is 30.5. The molecule has 3 saturated carbocycles. The lowest BCUT2D eigenvalue weighted by Crippen LogP contribution is -2.75. The van der Waals surface area contributed by atoms with Crippen molar-refractivity contribution in [3.05, 3.63) is 58.6 Å². The van der Waals surface area contributed by atoms with Crippen LogP contribution in [0.3, 0.4) is 0 Å². The molecule has 5 rings (SSSR count). The second kappa shape index (κ2) is 8.00. The summed E-state index contributed by atoms with van der Waals surface area (Å²) in [5.74, 6) is -0.405. The third kappa shape index (κ3) is 4.34. The number of nitrogens with one attached hydrogen (secondary N) is 1. The van der Waals surface area contributed by atoms with Crippen LogP contribution in [0.25, 0.3) is 0 Å². The maximum absolute atomic E-state index is 12.5. The SMILES string of the molecule is O=C(COCc1cccc(Cl)c1)NC12CC(CC(=O)c3cnc(C(F)F)cn3)(C1)C2. The molecule has 1 N–H and O–H groups in total. The van der Waals surface area contributed by atoms with E-state index in [1.807, 2.05) is 12.1 Å². The van der Waals surface area contributed by atoms with Crippen molar-refractivity contribution < 1.29 is 23.1 Å². The highest BCUT2D eigenvalue weighted by atomic mass is 35.5. The summed E-state index contributed by atoms with van der Waals surface area (Å²) in [7, 11) is 0. The lowest BCUT2D eigenvalue weighted by molar-refractivity contribution is -0.165.